The molecular formula is C7H11F2N3O. The number of alkyl halides is 2. The van der Waals surface area contributed by atoms with E-state index in [2.05, 4.69) is 10.1 Å². The minimum absolute atomic E-state index is 0.344. The lowest BCUT2D eigenvalue weighted by molar-refractivity contribution is -0.0390. The van der Waals surface area contributed by atoms with Crippen LogP contribution in [0.25, 0.3) is 0 Å². The molecule has 0 radical (unpaired) electrons. The largest absolute Gasteiger partial charge is 0.396 e. The quantitative estimate of drug-likeness (QED) is 0.764. The van der Waals surface area contributed by atoms with Gasteiger partial charge in [-0.05, 0) is 6.92 Å². The zero-order valence-corrected chi connectivity index (χ0v) is 7.24. The highest BCUT2D eigenvalue weighted by atomic mass is 19.3. The van der Waals surface area contributed by atoms with E-state index < -0.39 is 19.0 Å². The number of aliphatic hydroxyl groups is 1. The number of aromatic nitrogens is 3. The van der Waals surface area contributed by atoms with Gasteiger partial charge in [0.05, 0.1) is 0 Å². The smallest absolute Gasteiger partial charge is 0.308 e. The maximum Gasteiger partial charge on any atom is 0.308 e. The van der Waals surface area contributed by atoms with E-state index >= 15 is 0 Å². The molecule has 1 heterocycles. The third kappa shape index (κ3) is 2.00. The van der Waals surface area contributed by atoms with Crippen LogP contribution < -0.4 is 0 Å². The average Bonchev–Trinajstić information content (AvgIpc) is 2.51. The van der Waals surface area contributed by atoms with E-state index in [0.29, 0.717) is 6.54 Å². The fraction of sp³-hybridized carbons (Fsp3) is 0.714. The topological polar surface area (TPSA) is 50.9 Å². The van der Waals surface area contributed by atoms with Crippen molar-refractivity contribution >= 4 is 0 Å². The minimum atomic E-state index is -3.10. The first-order valence-electron chi connectivity index (χ1n) is 3.98. The highest BCUT2D eigenvalue weighted by Gasteiger charge is 2.35. The maximum atomic E-state index is 13.2. The van der Waals surface area contributed by atoms with Crippen molar-refractivity contribution in [3.05, 3.63) is 12.2 Å². The molecule has 1 N–H and O–H groups in total. The maximum absolute atomic E-state index is 13.2. The number of nitrogens with zero attached hydrogens (tertiary/aromatic N) is 3. The summed E-state index contributed by atoms with van der Waals surface area (Å²) in [6.45, 7) is 1.48. The molecule has 1 aromatic heterocycles. The minimum Gasteiger partial charge on any atom is -0.396 e. The summed E-state index contributed by atoms with van der Waals surface area (Å²) in [5.74, 6) is -3.48. The Kier molecular flexibility index (Phi) is 2.92. The summed E-state index contributed by atoms with van der Waals surface area (Å²) < 4.78 is 27.4. The zero-order chi connectivity index (χ0) is 9.90. The van der Waals surface area contributed by atoms with Crippen LogP contribution in [0.15, 0.2) is 6.33 Å². The van der Waals surface area contributed by atoms with Gasteiger partial charge < -0.3 is 5.11 Å². The number of hydrogen-bond donors (Lipinski definition) is 1. The summed E-state index contributed by atoms with van der Waals surface area (Å²) in [5.41, 5.74) is 0. The second-order valence-corrected chi connectivity index (χ2v) is 2.58. The van der Waals surface area contributed by atoms with Crippen LogP contribution in [-0.4, -0.2) is 26.5 Å². The van der Waals surface area contributed by atoms with Crippen LogP contribution in [-0.2, 0) is 12.5 Å². The fourth-order valence-corrected chi connectivity index (χ4v) is 1.03. The Hall–Kier alpha value is -1.04. The molecular weight excluding hydrogens is 180 g/mol. The van der Waals surface area contributed by atoms with Gasteiger partial charge in [0.2, 0.25) is 0 Å². The van der Waals surface area contributed by atoms with Crippen molar-refractivity contribution in [1.29, 1.82) is 0 Å². The Morgan fingerprint density at radius 3 is 2.85 bits per heavy atom. The summed E-state index contributed by atoms with van der Waals surface area (Å²) in [6, 6.07) is 0. The summed E-state index contributed by atoms with van der Waals surface area (Å²) in [7, 11) is 0. The molecule has 0 saturated carbocycles. The molecule has 13 heavy (non-hydrogen) atoms. The molecule has 0 aliphatic rings. The zero-order valence-electron chi connectivity index (χ0n) is 7.24. The van der Waals surface area contributed by atoms with Crippen molar-refractivity contribution in [2.45, 2.75) is 25.8 Å². The van der Waals surface area contributed by atoms with E-state index in [0.717, 1.165) is 11.0 Å². The first-order chi connectivity index (χ1) is 6.11. The second-order valence-electron chi connectivity index (χ2n) is 2.58. The number of aliphatic hydroxyl groups excluding tert-OH is 1. The third-order valence-electron chi connectivity index (χ3n) is 1.67. The van der Waals surface area contributed by atoms with Crippen molar-refractivity contribution in [2.24, 2.45) is 0 Å². The molecule has 0 aliphatic heterocycles. The molecule has 1 aromatic rings. The van der Waals surface area contributed by atoms with Crippen molar-refractivity contribution in [3.63, 3.8) is 0 Å². The van der Waals surface area contributed by atoms with E-state index in [9.17, 15) is 8.78 Å². The van der Waals surface area contributed by atoms with E-state index in [1.54, 1.807) is 6.92 Å². The van der Waals surface area contributed by atoms with Crippen molar-refractivity contribution in [1.82, 2.24) is 14.8 Å². The van der Waals surface area contributed by atoms with Gasteiger partial charge in [-0.15, -0.1) is 0 Å². The van der Waals surface area contributed by atoms with Gasteiger partial charge in [0.1, 0.15) is 6.33 Å². The van der Waals surface area contributed by atoms with Crippen LogP contribution in [0.2, 0.25) is 0 Å². The summed E-state index contributed by atoms with van der Waals surface area (Å²) in [5, 5.41) is 12.1. The first-order valence-corrected chi connectivity index (χ1v) is 3.98. The van der Waals surface area contributed by atoms with E-state index in [4.69, 9.17) is 5.11 Å². The van der Waals surface area contributed by atoms with Gasteiger partial charge >= 0.3 is 5.92 Å². The van der Waals surface area contributed by atoms with Crippen LogP contribution in [0.1, 0.15) is 19.2 Å². The molecule has 4 nitrogen and oxygen atoms in total. The molecule has 74 valence electrons. The lowest BCUT2D eigenvalue weighted by Gasteiger charge is -2.14. The average molecular weight is 191 g/mol. The number of hydrogen-bond acceptors (Lipinski definition) is 3. The number of halogens is 2. The molecule has 0 bridgehead atoms. The van der Waals surface area contributed by atoms with Crippen molar-refractivity contribution in [2.75, 3.05) is 6.61 Å². The molecule has 0 atom stereocenters. The fourth-order valence-electron chi connectivity index (χ4n) is 1.03. The second kappa shape index (κ2) is 3.78. The Labute approximate surface area is 74.2 Å². The lowest BCUT2D eigenvalue weighted by Crippen LogP contribution is -2.21. The van der Waals surface area contributed by atoms with Crippen molar-refractivity contribution in [3.8, 4) is 0 Å². The van der Waals surface area contributed by atoms with E-state index in [-0.39, 0.29) is 5.82 Å². The molecule has 0 spiro atoms. The summed E-state index contributed by atoms with van der Waals surface area (Å²) in [6.07, 6.45) is 0.468. The third-order valence-corrected chi connectivity index (χ3v) is 1.67. The van der Waals surface area contributed by atoms with Gasteiger partial charge in [0.25, 0.3) is 0 Å². The summed E-state index contributed by atoms with van der Waals surface area (Å²) in [4.78, 5) is 3.47. The van der Waals surface area contributed by atoms with Crippen LogP contribution in [0, 0.1) is 0 Å². The van der Waals surface area contributed by atoms with Crippen LogP contribution in [0.5, 0.6) is 0 Å². The summed E-state index contributed by atoms with van der Waals surface area (Å²) >= 11 is 0. The van der Waals surface area contributed by atoms with Gasteiger partial charge in [-0.2, -0.15) is 13.9 Å². The van der Waals surface area contributed by atoms with Crippen LogP contribution in [0.3, 0.4) is 0 Å². The highest BCUT2D eigenvalue weighted by Crippen LogP contribution is 2.29. The molecule has 1 rings (SSSR count). The SMILES string of the molecule is CCn1ncnc1C(F)(F)CCO. The number of aryl methyl sites for hydroxylation is 1. The normalized spacial score (nSPS) is 12.0. The molecule has 0 saturated heterocycles. The molecule has 0 amide bonds. The van der Waals surface area contributed by atoms with Gasteiger partial charge in [-0.3, -0.25) is 0 Å². The van der Waals surface area contributed by atoms with Gasteiger partial charge in [-0.1, -0.05) is 0 Å². The van der Waals surface area contributed by atoms with Crippen LogP contribution >= 0.6 is 0 Å². The predicted molar refractivity (Wildman–Crippen MR) is 41.3 cm³/mol. The van der Waals surface area contributed by atoms with Gasteiger partial charge in [0.15, 0.2) is 5.82 Å². The standard InChI is InChI=1S/C7H11F2N3O/c1-2-12-6(10-5-11-12)7(8,9)3-4-13/h5,13H,2-4H2,1H3. The molecule has 0 fully saturated rings. The Bertz CT molecular complexity index is 274. The highest BCUT2D eigenvalue weighted by molar-refractivity contribution is 4.95. The molecule has 0 unspecified atom stereocenters. The lowest BCUT2D eigenvalue weighted by atomic mass is 10.2. The van der Waals surface area contributed by atoms with E-state index in [1.165, 1.54) is 0 Å². The number of rotatable bonds is 4. The Morgan fingerprint density at radius 2 is 2.31 bits per heavy atom. The van der Waals surface area contributed by atoms with Gasteiger partial charge in [-0.25, -0.2) is 9.67 Å². The monoisotopic (exact) mass is 191 g/mol. The Balaban J connectivity index is 2.91. The Morgan fingerprint density at radius 1 is 1.62 bits per heavy atom. The molecule has 0 aromatic carbocycles. The first kappa shape index (κ1) is 10.0. The predicted octanol–water partition coefficient (Wildman–Crippen LogP) is 0.772. The molecule has 0 aliphatic carbocycles. The molecule has 6 heteroatoms. The van der Waals surface area contributed by atoms with Crippen LogP contribution in [0.4, 0.5) is 8.78 Å². The van der Waals surface area contributed by atoms with Gasteiger partial charge in [0, 0.05) is 19.6 Å². The van der Waals surface area contributed by atoms with E-state index in [1.807, 2.05) is 0 Å². The van der Waals surface area contributed by atoms with Crippen molar-refractivity contribution < 1.29 is 13.9 Å².